The van der Waals surface area contributed by atoms with E-state index in [4.69, 9.17) is 10.5 Å². The third-order valence-electron chi connectivity index (χ3n) is 2.52. The Balaban J connectivity index is 2.37. The molecular weight excluding hydrogens is 318 g/mol. The lowest BCUT2D eigenvalue weighted by molar-refractivity contribution is 0.387. The van der Waals surface area contributed by atoms with Gasteiger partial charge in [0.05, 0.1) is 24.2 Å². The summed E-state index contributed by atoms with van der Waals surface area (Å²) < 4.78 is 31.8. The molecule has 19 heavy (non-hydrogen) atoms. The van der Waals surface area contributed by atoms with Gasteiger partial charge in [0.2, 0.25) is 0 Å². The second-order valence-electron chi connectivity index (χ2n) is 3.82. The Morgan fingerprint density at radius 1 is 1.16 bits per heavy atom. The van der Waals surface area contributed by atoms with Gasteiger partial charge in [-0.2, -0.15) is 0 Å². The molecule has 0 heterocycles. The van der Waals surface area contributed by atoms with Crippen LogP contribution < -0.4 is 15.8 Å². The number of nitrogens with two attached hydrogens (primary N) is 1. The quantitative estimate of drug-likeness (QED) is 0.835. The molecule has 0 amide bonds. The van der Waals surface area contributed by atoms with Crippen LogP contribution in [0.3, 0.4) is 0 Å². The first-order chi connectivity index (χ1) is 9.01. The molecule has 6 heteroatoms. The molecular formula is C13H11BrF2N2O. The molecule has 0 aliphatic heterocycles. The van der Waals surface area contributed by atoms with E-state index in [2.05, 4.69) is 21.2 Å². The molecule has 0 aromatic heterocycles. The standard InChI is InChI=1S/C13H11BrF2N2O/c1-19-13-6-12(10(17)5-9(13)16)18-11-3-2-7(15)4-8(11)14/h2-6,18H,17H2,1H3. The molecule has 0 bridgehead atoms. The minimum atomic E-state index is -0.538. The zero-order valence-corrected chi connectivity index (χ0v) is 11.6. The molecule has 2 aromatic carbocycles. The summed E-state index contributed by atoms with van der Waals surface area (Å²) in [7, 11) is 1.37. The number of ether oxygens (including phenoxy) is 1. The van der Waals surface area contributed by atoms with Crippen LogP contribution in [0, 0.1) is 11.6 Å². The topological polar surface area (TPSA) is 47.3 Å². The molecule has 100 valence electrons. The lowest BCUT2D eigenvalue weighted by Crippen LogP contribution is -2.00. The van der Waals surface area contributed by atoms with Crippen LogP contribution in [-0.4, -0.2) is 7.11 Å². The van der Waals surface area contributed by atoms with Crippen LogP contribution in [0.5, 0.6) is 5.75 Å². The third-order valence-corrected chi connectivity index (χ3v) is 3.18. The van der Waals surface area contributed by atoms with E-state index in [9.17, 15) is 8.78 Å². The molecule has 3 nitrogen and oxygen atoms in total. The van der Waals surface area contributed by atoms with Crippen molar-refractivity contribution in [2.45, 2.75) is 0 Å². The van der Waals surface area contributed by atoms with Gasteiger partial charge in [0.25, 0.3) is 0 Å². The fourth-order valence-electron chi connectivity index (χ4n) is 1.57. The number of rotatable bonds is 3. The van der Waals surface area contributed by atoms with Crippen molar-refractivity contribution >= 4 is 33.0 Å². The van der Waals surface area contributed by atoms with Crippen LogP contribution in [0.1, 0.15) is 0 Å². The lowest BCUT2D eigenvalue weighted by Gasteiger charge is -2.13. The molecule has 2 aromatic rings. The van der Waals surface area contributed by atoms with Crippen LogP contribution in [0.2, 0.25) is 0 Å². The summed E-state index contributed by atoms with van der Waals surface area (Å²) in [4.78, 5) is 0. The van der Waals surface area contributed by atoms with Crippen molar-refractivity contribution in [2.24, 2.45) is 0 Å². The number of methoxy groups -OCH3 is 1. The van der Waals surface area contributed by atoms with Gasteiger partial charge in [-0.3, -0.25) is 0 Å². The van der Waals surface area contributed by atoms with Gasteiger partial charge in [0.1, 0.15) is 5.82 Å². The molecule has 2 rings (SSSR count). The van der Waals surface area contributed by atoms with Crippen LogP contribution in [0.25, 0.3) is 0 Å². The number of hydrogen-bond acceptors (Lipinski definition) is 3. The molecule has 3 N–H and O–H groups in total. The number of nitrogen functional groups attached to an aromatic ring is 1. The molecule has 0 saturated heterocycles. The van der Waals surface area contributed by atoms with Crippen LogP contribution in [-0.2, 0) is 0 Å². The van der Waals surface area contributed by atoms with E-state index in [-0.39, 0.29) is 17.3 Å². The molecule has 0 radical (unpaired) electrons. The average molecular weight is 329 g/mol. The first kappa shape index (κ1) is 13.6. The van der Waals surface area contributed by atoms with Crippen molar-refractivity contribution in [2.75, 3.05) is 18.2 Å². The van der Waals surface area contributed by atoms with Crippen LogP contribution >= 0.6 is 15.9 Å². The number of hydrogen-bond donors (Lipinski definition) is 2. The molecule has 0 spiro atoms. The van der Waals surface area contributed by atoms with Crippen molar-refractivity contribution in [1.29, 1.82) is 0 Å². The van der Waals surface area contributed by atoms with Crippen LogP contribution in [0.15, 0.2) is 34.8 Å². The number of halogens is 3. The van der Waals surface area contributed by atoms with E-state index in [0.29, 0.717) is 15.8 Å². The second-order valence-corrected chi connectivity index (χ2v) is 4.68. The van der Waals surface area contributed by atoms with Gasteiger partial charge >= 0.3 is 0 Å². The molecule has 0 unspecified atom stereocenters. The third kappa shape index (κ3) is 2.96. The van der Waals surface area contributed by atoms with Crippen molar-refractivity contribution in [3.63, 3.8) is 0 Å². The number of anilines is 3. The Morgan fingerprint density at radius 3 is 2.53 bits per heavy atom. The monoisotopic (exact) mass is 328 g/mol. The average Bonchev–Trinajstić information content (AvgIpc) is 2.35. The van der Waals surface area contributed by atoms with E-state index < -0.39 is 5.82 Å². The SMILES string of the molecule is COc1cc(Nc2ccc(F)cc2Br)c(N)cc1F. The molecule has 0 atom stereocenters. The normalized spacial score (nSPS) is 10.3. The Labute approximate surface area is 117 Å². The fraction of sp³-hybridized carbons (Fsp3) is 0.0769. The Hall–Kier alpha value is -1.82. The zero-order valence-electron chi connectivity index (χ0n) is 10.0. The minimum absolute atomic E-state index is 0.0786. The summed E-state index contributed by atoms with van der Waals surface area (Å²) in [6, 6.07) is 6.79. The van der Waals surface area contributed by atoms with E-state index in [1.54, 1.807) is 6.07 Å². The van der Waals surface area contributed by atoms with E-state index >= 15 is 0 Å². The highest BCUT2D eigenvalue weighted by Crippen LogP contribution is 2.33. The molecule has 0 saturated carbocycles. The predicted molar refractivity (Wildman–Crippen MR) is 74.7 cm³/mol. The first-order valence-corrected chi connectivity index (χ1v) is 6.15. The minimum Gasteiger partial charge on any atom is -0.494 e. The highest BCUT2D eigenvalue weighted by molar-refractivity contribution is 9.10. The highest BCUT2D eigenvalue weighted by Gasteiger charge is 2.10. The fourth-order valence-corrected chi connectivity index (χ4v) is 2.02. The van der Waals surface area contributed by atoms with Gasteiger partial charge < -0.3 is 15.8 Å². The summed E-state index contributed by atoms with van der Waals surface area (Å²) in [6.07, 6.45) is 0. The maximum atomic E-state index is 13.4. The largest absolute Gasteiger partial charge is 0.494 e. The maximum Gasteiger partial charge on any atom is 0.167 e. The molecule has 0 aliphatic carbocycles. The Bertz CT molecular complexity index is 620. The van der Waals surface area contributed by atoms with Crippen molar-refractivity contribution in [3.05, 3.63) is 46.4 Å². The van der Waals surface area contributed by atoms with Gasteiger partial charge in [-0.15, -0.1) is 0 Å². The number of nitrogens with one attached hydrogen (secondary N) is 1. The summed E-state index contributed by atoms with van der Waals surface area (Å²) in [5.74, 6) is -0.819. The molecule has 0 fully saturated rings. The number of benzene rings is 2. The van der Waals surface area contributed by atoms with Gasteiger partial charge in [0, 0.05) is 16.6 Å². The molecule has 0 aliphatic rings. The summed E-state index contributed by atoms with van der Waals surface area (Å²) in [5, 5.41) is 2.98. The summed E-state index contributed by atoms with van der Waals surface area (Å²) >= 11 is 3.23. The maximum absolute atomic E-state index is 13.4. The zero-order chi connectivity index (χ0) is 14.0. The first-order valence-electron chi connectivity index (χ1n) is 5.36. The smallest absolute Gasteiger partial charge is 0.167 e. The van der Waals surface area contributed by atoms with Crippen molar-refractivity contribution in [1.82, 2.24) is 0 Å². The summed E-state index contributed by atoms with van der Waals surface area (Å²) in [6.45, 7) is 0. The van der Waals surface area contributed by atoms with Gasteiger partial charge in [-0.05, 0) is 34.1 Å². The predicted octanol–water partition coefficient (Wildman–Crippen LogP) is 4.06. The van der Waals surface area contributed by atoms with Gasteiger partial charge in [-0.25, -0.2) is 8.78 Å². The van der Waals surface area contributed by atoms with Gasteiger partial charge in [-0.1, -0.05) is 0 Å². The van der Waals surface area contributed by atoms with Crippen molar-refractivity contribution in [3.8, 4) is 5.75 Å². The van der Waals surface area contributed by atoms with E-state index in [0.717, 1.165) is 0 Å². The second kappa shape index (κ2) is 5.44. The lowest BCUT2D eigenvalue weighted by atomic mass is 10.2. The summed E-state index contributed by atoms with van der Waals surface area (Å²) in [5.41, 5.74) is 7.05. The van der Waals surface area contributed by atoms with E-state index in [1.807, 2.05) is 0 Å². The Morgan fingerprint density at radius 2 is 1.89 bits per heavy atom. The van der Waals surface area contributed by atoms with Crippen molar-refractivity contribution < 1.29 is 13.5 Å². The van der Waals surface area contributed by atoms with Gasteiger partial charge in [0.15, 0.2) is 11.6 Å². The Kier molecular flexibility index (Phi) is 3.90. The highest BCUT2D eigenvalue weighted by atomic mass is 79.9. The van der Waals surface area contributed by atoms with Crippen LogP contribution in [0.4, 0.5) is 25.8 Å². The van der Waals surface area contributed by atoms with E-state index in [1.165, 1.54) is 31.4 Å².